The number of anilines is 1. The average molecular weight is 145 g/mol. The summed E-state index contributed by atoms with van der Waals surface area (Å²) in [5.74, 6) is 2.61. The SMILES string of the molecule is C#Cc1ccc(N)c(C)c1C. The average Bonchev–Trinajstić information content (AvgIpc) is 2.01. The Bertz CT molecular complexity index is 318. The Kier molecular flexibility index (Phi) is 1.87. The summed E-state index contributed by atoms with van der Waals surface area (Å²) in [6.45, 7) is 3.96. The van der Waals surface area contributed by atoms with Crippen LogP contribution in [0.1, 0.15) is 16.7 Å². The molecule has 56 valence electrons. The van der Waals surface area contributed by atoms with Crippen molar-refractivity contribution in [3.05, 3.63) is 28.8 Å². The van der Waals surface area contributed by atoms with Gasteiger partial charge in [0.1, 0.15) is 0 Å². The molecule has 1 aromatic carbocycles. The van der Waals surface area contributed by atoms with Crippen molar-refractivity contribution in [1.82, 2.24) is 0 Å². The zero-order valence-electron chi connectivity index (χ0n) is 6.81. The summed E-state index contributed by atoms with van der Waals surface area (Å²) < 4.78 is 0. The molecule has 0 fully saturated rings. The quantitative estimate of drug-likeness (QED) is 0.437. The number of hydrogen-bond donors (Lipinski definition) is 1. The number of benzene rings is 1. The van der Waals surface area contributed by atoms with Crippen molar-refractivity contribution in [3.63, 3.8) is 0 Å². The maximum absolute atomic E-state index is 5.68. The molecule has 0 saturated heterocycles. The van der Waals surface area contributed by atoms with E-state index in [1.807, 2.05) is 26.0 Å². The lowest BCUT2D eigenvalue weighted by Crippen LogP contribution is -1.94. The van der Waals surface area contributed by atoms with Crippen LogP contribution in [0.25, 0.3) is 0 Å². The minimum atomic E-state index is 0.807. The lowest BCUT2D eigenvalue weighted by Gasteiger charge is -2.05. The monoisotopic (exact) mass is 145 g/mol. The molecule has 0 spiro atoms. The summed E-state index contributed by atoms with van der Waals surface area (Å²) in [5, 5.41) is 0. The van der Waals surface area contributed by atoms with Crippen molar-refractivity contribution in [2.45, 2.75) is 13.8 Å². The van der Waals surface area contributed by atoms with Crippen molar-refractivity contribution in [2.24, 2.45) is 0 Å². The Morgan fingerprint density at radius 1 is 1.27 bits per heavy atom. The molecular formula is C10H11N. The zero-order valence-corrected chi connectivity index (χ0v) is 6.81. The van der Waals surface area contributed by atoms with Gasteiger partial charge in [-0.15, -0.1) is 6.42 Å². The summed E-state index contributed by atoms with van der Waals surface area (Å²) in [4.78, 5) is 0. The highest BCUT2D eigenvalue weighted by Crippen LogP contribution is 2.18. The van der Waals surface area contributed by atoms with Gasteiger partial charge >= 0.3 is 0 Å². The maximum Gasteiger partial charge on any atom is 0.0347 e. The molecule has 11 heavy (non-hydrogen) atoms. The Morgan fingerprint density at radius 2 is 1.91 bits per heavy atom. The van der Waals surface area contributed by atoms with Crippen LogP contribution in [0.15, 0.2) is 12.1 Å². The van der Waals surface area contributed by atoms with Crippen molar-refractivity contribution in [2.75, 3.05) is 5.73 Å². The van der Waals surface area contributed by atoms with Crippen molar-refractivity contribution in [3.8, 4) is 12.3 Å². The largest absolute Gasteiger partial charge is 0.399 e. The van der Waals surface area contributed by atoms with Crippen molar-refractivity contribution >= 4 is 5.69 Å². The molecule has 0 aliphatic rings. The molecule has 0 bridgehead atoms. The van der Waals surface area contributed by atoms with Crippen molar-refractivity contribution < 1.29 is 0 Å². The summed E-state index contributed by atoms with van der Waals surface area (Å²) in [7, 11) is 0. The van der Waals surface area contributed by atoms with E-state index in [1.54, 1.807) is 0 Å². The first-order valence-electron chi connectivity index (χ1n) is 3.49. The van der Waals surface area contributed by atoms with E-state index in [0.29, 0.717) is 0 Å². The maximum atomic E-state index is 5.68. The van der Waals surface area contributed by atoms with E-state index in [0.717, 1.165) is 22.4 Å². The van der Waals surface area contributed by atoms with Gasteiger partial charge in [0.05, 0.1) is 0 Å². The molecule has 0 aliphatic carbocycles. The lowest BCUT2D eigenvalue weighted by molar-refractivity contribution is 1.33. The fourth-order valence-corrected chi connectivity index (χ4v) is 0.998. The number of terminal acetylenes is 1. The molecule has 0 saturated carbocycles. The number of nitrogens with two attached hydrogens (primary N) is 1. The molecule has 0 aromatic heterocycles. The highest BCUT2D eigenvalue weighted by Gasteiger charge is 2.00. The van der Waals surface area contributed by atoms with Gasteiger partial charge in [-0.05, 0) is 37.1 Å². The number of nitrogen functional groups attached to an aromatic ring is 1. The molecule has 1 heteroatoms. The molecular weight excluding hydrogens is 134 g/mol. The molecule has 1 rings (SSSR count). The van der Waals surface area contributed by atoms with E-state index in [4.69, 9.17) is 12.2 Å². The second-order valence-corrected chi connectivity index (χ2v) is 2.60. The van der Waals surface area contributed by atoms with Gasteiger partial charge in [0.2, 0.25) is 0 Å². The van der Waals surface area contributed by atoms with Crippen LogP contribution in [0.2, 0.25) is 0 Å². The normalized spacial score (nSPS) is 9.18. The summed E-state index contributed by atoms with van der Waals surface area (Å²) >= 11 is 0. The van der Waals surface area contributed by atoms with E-state index in [2.05, 4.69) is 5.92 Å². The van der Waals surface area contributed by atoms with Crippen LogP contribution in [-0.2, 0) is 0 Å². The van der Waals surface area contributed by atoms with Gasteiger partial charge < -0.3 is 5.73 Å². The van der Waals surface area contributed by atoms with Crippen LogP contribution in [0.5, 0.6) is 0 Å². The minimum Gasteiger partial charge on any atom is -0.399 e. The molecule has 1 aromatic rings. The van der Waals surface area contributed by atoms with E-state index in [9.17, 15) is 0 Å². The first-order chi connectivity index (χ1) is 5.16. The third-order valence-electron chi connectivity index (χ3n) is 1.98. The first kappa shape index (κ1) is 7.68. The summed E-state index contributed by atoms with van der Waals surface area (Å²) in [6, 6.07) is 3.72. The van der Waals surface area contributed by atoms with Gasteiger partial charge in [-0.2, -0.15) is 0 Å². The standard InChI is InChI=1S/C10H11N/c1-4-9-5-6-10(11)8(3)7(9)2/h1,5-6H,11H2,2-3H3. The molecule has 0 unspecified atom stereocenters. The van der Waals surface area contributed by atoms with Crippen LogP contribution in [0, 0.1) is 26.2 Å². The predicted octanol–water partition coefficient (Wildman–Crippen LogP) is 1.87. The van der Waals surface area contributed by atoms with E-state index in [-0.39, 0.29) is 0 Å². The topological polar surface area (TPSA) is 26.0 Å². The molecule has 1 nitrogen and oxygen atoms in total. The van der Waals surface area contributed by atoms with E-state index < -0.39 is 0 Å². The smallest absolute Gasteiger partial charge is 0.0347 e. The molecule has 0 heterocycles. The molecule has 0 amide bonds. The summed E-state index contributed by atoms with van der Waals surface area (Å²) in [6.07, 6.45) is 5.28. The second-order valence-electron chi connectivity index (χ2n) is 2.60. The second kappa shape index (κ2) is 2.67. The highest BCUT2D eigenvalue weighted by molar-refractivity contribution is 5.56. The van der Waals surface area contributed by atoms with Gasteiger partial charge in [-0.1, -0.05) is 5.92 Å². The summed E-state index contributed by atoms with van der Waals surface area (Å²) in [5.41, 5.74) is 9.60. The Morgan fingerprint density at radius 3 is 2.45 bits per heavy atom. The van der Waals surface area contributed by atoms with Gasteiger partial charge in [-0.3, -0.25) is 0 Å². The van der Waals surface area contributed by atoms with E-state index in [1.165, 1.54) is 0 Å². The van der Waals surface area contributed by atoms with E-state index >= 15 is 0 Å². The highest BCUT2D eigenvalue weighted by atomic mass is 14.6. The van der Waals surface area contributed by atoms with Crippen molar-refractivity contribution in [1.29, 1.82) is 0 Å². The lowest BCUT2D eigenvalue weighted by atomic mass is 10.0. The minimum absolute atomic E-state index is 0.807. The van der Waals surface area contributed by atoms with Gasteiger partial charge in [0, 0.05) is 11.3 Å². The van der Waals surface area contributed by atoms with Crippen LogP contribution in [0.3, 0.4) is 0 Å². The van der Waals surface area contributed by atoms with Gasteiger partial charge in [0.25, 0.3) is 0 Å². The van der Waals surface area contributed by atoms with Crippen LogP contribution < -0.4 is 5.73 Å². The molecule has 0 atom stereocenters. The van der Waals surface area contributed by atoms with Gasteiger partial charge in [0.15, 0.2) is 0 Å². The fraction of sp³-hybridized carbons (Fsp3) is 0.200. The molecule has 0 aliphatic heterocycles. The number of rotatable bonds is 0. The third-order valence-corrected chi connectivity index (χ3v) is 1.98. The van der Waals surface area contributed by atoms with Gasteiger partial charge in [-0.25, -0.2) is 0 Å². The Hall–Kier alpha value is -1.42. The third kappa shape index (κ3) is 1.20. The van der Waals surface area contributed by atoms with Crippen LogP contribution >= 0.6 is 0 Å². The Labute approximate surface area is 67.2 Å². The zero-order chi connectivity index (χ0) is 8.43. The Balaban J connectivity index is 3.40. The predicted molar refractivity (Wildman–Crippen MR) is 48.3 cm³/mol. The van der Waals surface area contributed by atoms with Crippen LogP contribution in [0.4, 0.5) is 5.69 Å². The first-order valence-corrected chi connectivity index (χ1v) is 3.49. The number of hydrogen-bond acceptors (Lipinski definition) is 1. The fourth-order valence-electron chi connectivity index (χ4n) is 0.998. The molecule has 2 N–H and O–H groups in total. The van der Waals surface area contributed by atoms with Crippen LogP contribution in [-0.4, -0.2) is 0 Å². The molecule has 0 radical (unpaired) electrons.